The Morgan fingerprint density at radius 1 is 1.18 bits per heavy atom. The van der Waals surface area contributed by atoms with Crippen molar-refractivity contribution in [1.29, 1.82) is 0 Å². The van der Waals surface area contributed by atoms with Gasteiger partial charge in [0, 0.05) is 0 Å². The molecule has 0 saturated heterocycles. The molecule has 0 radical (unpaired) electrons. The standard InChI is InChI=1S/C9H18N.K/c1-3-9(10-4-2)7-5-6-8-9;/h3-8H2,1-2H3;/q-1;+1. The molecule has 60 valence electrons. The number of nitrogens with zero attached hydrogens (tertiary/aromatic N) is 1. The second kappa shape index (κ2) is 6.11. The molecule has 0 aromatic rings. The van der Waals surface area contributed by atoms with E-state index in [-0.39, 0.29) is 51.4 Å². The first-order valence-corrected chi connectivity index (χ1v) is 4.51. The van der Waals surface area contributed by atoms with E-state index in [2.05, 4.69) is 19.2 Å². The van der Waals surface area contributed by atoms with Gasteiger partial charge in [-0.2, -0.15) is 6.54 Å². The van der Waals surface area contributed by atoms with Crippen molar-refractivity contribution in [3.8, 4) is 0 Å². The molecule has 0 aromatic heterocycles. The SMILES string of the molecule is CC[N-]C1(CC)CCCC1.[K+]. The fourth-order valence-electron chi connectivity index (χ4n) is 1.99. The summed E-state index contributed by atoms with van der Waals surface area (Å²) in [7, 11) is 0. The molecule has 1 rings (SSSR count). The molecule has 0 spiro atoms. The van der Waals surface area contributed by atoms with E-state index in [1.165, 1.54) is 32.1 Å². The molecule has 0 aromatic carbocycles. The van der Waals surface area contributed by atoms with Crippen LogP contribution in [0, 0.1) is 0 Å². The van der Waals surface area contributed by atoms with Gasteiger partial charge in [-0.25, -0.2) is 0 Å². The van der Waals surface area contributed by atoms with Gasteiger partial charge in [-0.1, -0.05) is 46.0 Å². The smallest absolute Gasteiger partial charge is 0.657 e. The van der Waals surface area contributed by atoms with Crippen LogP contribution in [0.25, 0.3) is 5.32 Å². The first-order chi connectivity index (χ1) is 4.83. The molecule has 1 aliphatic carbocycles. The van der Waals surface area contributed by atoms with Crippen LogP contribution in [-0.4, -0.2) is 12.1 Å². The van der Waals surface area contributed by atoms with Crippen LogP contribution in [0.3, 0.4) is 0 Å². The second-order valence-electron chi connectivity index (χ2n) is 3.26. The first kappa shape index (κ1) is 12.6. The fourth-order valence-corrected chi connectivity index (χ4v) is 1.99. The Morgan fingerprint density at radius 3 is 2.09 bits per heavy atom. The van der Waals surface area contributed by atoms with E-state index in [0.717, 1.165) is 6.54 Å². The maximum absolute atomic E-state index is 4.67. The van der Waals surface area contributed by atoms with Crippen molar-refractivity contribution in [1.82, 2.24) is 0 Å². The van der Waals surface area contributed by atoms with Crippen molar-refractivity contribution in [2.24, 2.45) is 0 Å². The van der Waals surface area contributed by atoms with E-state index in [9.17, 15) is 0 Å². The molecule has 1 aliphatic rings. The quantitative estimate of drug-likeness (QED) is 0.546. The molecule has 1 fully saturated rings. The molecular formula is C9H18KN. The predicted octanol–water partition coefficient (Wildman–Crippen LogP) is 0.107. The summed E-state index contributed by atoms with van der Waals surface area (Å²) in [4.78, 5) is 0. The maximum atomic E-state index is 4.67. The zero-order chi connectivity index (χ0) is 7.45. The molecule has 0 N–H and O–H groups in total. The van der Waals surface area contributed by atoms with Gasteiger partial charge in [-0.3, -0.25) is 0 Å². The molecule has 1 saturated carbocycles. The molecular weight excluding hydrogens is 161 g/mol. The molecule has 0 atom stereocenters. The fraction of sp³-hybridized carbons (Fsp3) is 1.00. The van der Waals surface area contributed by atoms with Gasteiger partial charge < -0.3 is 5.32 Å². The first-order valence-electron chi connectivity index (χ1n) is 4.51. The van der Waals surface area contributed by atoms with Gasteiger partial charge in [0.2, 0.25) is 0 Å². The number of hydrogen-bond donors (Lipinski definition) is 0. The normalized spacial score (nSPS) is 21.3. The van der Waals surface area contributed by atoms with E-state index < -0.39 is 0 Å². The third-order valence-corrected chi connectivity index (χ3v) is 2.69. The van der Waals surface area contributed by atoms with Crippen LogP contribution in [0.15, 0.2) is 0 Å². The largest absolute Gasteiger partial charge is 1.00 e. The minimum Gasteiger partial charge on any atom is -0.657 e. The Hall–Kier alpha value is 1.60. The topological polar surface area (TPSA) is 14.1 Å². The van der Waals surface area contributed by atoms with E-state index in [0.29, 0.717) is 5.54 Å². The minimum absolute atomic E-state index is 0. The summed E-state index contributed by atoms with van der Waals surface area (Å²) in [6.45, 7) is 5.42. The van der Waals surface area contributed by atoms with Gasteiger partial charge in [-0.15, -0.1) is 5.54 Å². The zero-order valence-corrected chi connectivity index (χ0v) is 11.3. The molecule has 0 amide bonds. The average Bonchev–Trinajstić information content (AvgIpc) is 2.39. The van der Waals surface area contributed by atoms with Gasteiger partial charge in [0.25, 0.3) is 0 Å². The summed E-state index contributed by atoms with van der Waals surface area (Å²) >= 11 is 0. The van der Waals surface area contributed by atoms with E-state index in [1.807, 2.05) is 0 Å². The molecule has 0 heterocycles. The Bertz CT molecular complexity index is 97.7. The van der Waals surface area contributed by atoms with Crippen molar-refractivity contribution in [3.05, 3.63) is 5.32 Å². The van der Waals surface area contributed by atoms with E-state index in [1.54, 1.807) is 0 Å². The summed E-state index contributed by atoms with van der Waals surface area (Å²) in [6.07, 6.45) is 6.74. The number of hydrogen-bond acceptors (Lipinski definition) is 0. The van der Waals surface area contributed by atoms with Crippen LogP contribution in [0.4, 0.5) is 0 Å². The third-order valence-electron chi connectivity index (χ3n) is 2.69. The molecule has 2 heteroatoms. The van der Waals surface area contributed by atoms with Crippen molar-refractivity contribution in [2.45, 2.75) is 51.5 Å². The van der Waals surface area contributed by atoms with Crippen LogP contribution in [0.5, 0.6) is 0 Å². The van der Waals surface area contributed by atoms with Crippen molar-refractivity contribution in [2.75, 3.05) is 6.54 Å². The van der Waals surface area contributed by atoms with Crippen LogP contribution in [-0.2, 0) is 0 Å². The summed E-state index contributed by atoms with van der Waals surface area (Å²) in [5.74, 6) is 0. The second-order valence-corrected chi connectivity index (χ2v) is 3.26. The van der Waals surface area contributed by atoms with Crippen LogP contribution < -0.4 is 51.4 Å². The van der Waals surface area contributed by atoms with Gasteiger partial charge in [0.05, 0.1) is 0 Å². The zero-order valence-electron chi connectivity index (χ0n) is 8.19. The third kappa shape index (κ3) is 3.45. The summed E-state index contributed by atoms with van der Waals surface area (Å²) in [6, 6.07) is 0. The van der Waals surface area contributed by atoms with Crippen LogP contribution >= 0.6 is 0 Å². The van der Waals surface area contributed by atoms with Crippen molar-refractivity contribution in [3.63, 3.8) is 0 Å². The van der Waals surface area contributed by atoms with Gasteiger partial charge in [0.1, 0.15) is 0 Å². The van der Waals surface area contributed by atoms with Crippen molar-refractivity contribution >= 4 is 0 Å². The van der Waals surface area contributed by atoms with Gasteiger partial charge in [0.15, 0.2) is 0 Å². The molecule has 1 nitrogen and oxygen atoms in total. The molecule has 0 unspecified atom stereocenters. The average molecular weight is 179 g/mol. The van der Waals surface area contributed by atoms with Crippen LogP contribution in [0.2, 0.25) is 0 Å². The van der Waals surface area contributed by atoms with Gasteiger partial charge >= 0.3 is 51.4 Å². The number of rotatable bonds is 3. The molecule has 0 aliphatic heterocycles. The monoisotopic (exact) mass is 179 g/mol. The summed E-state index contributed by atoms with van der Waals surface area (Å²) < 4.78 is 0. The Morgan fingerprint density at radius 2 is 1.73 bits per heavy atom. The van der Waals surface area contributed by atoms with Crippen molar-refractivity contribution < 1.29 is 51.4 Å². The molecule has 0 bridgehead atoms. The summed E-state index contributed by atoms with van der Waals surface area (Å²) in [5.41, 5.74) is 0.411. The van der Waals surface area contributed by atoms with Gasteiger partial charge in [-0.05, 0) is 0 Å². The van der Waals surface area contributed by atoms with E-state index >= 15 is 0 Å². The molecule has 11 heavy (non-hydrogen) atoms. The maximum Gasteiger partial charge on any atom is 1.00 e. The van der Waals surface area contributed by atoms with Crippen LogP contribution in [0.1, 0.15) is 46.0 Å². The van der Waals surface area contributed by atoms with E-state index in [4.69, 9.17) is 0 Å². The predicted molar refractivity (Wildman–Crippen MR) is 45.4 cm³/mol. The minimum atomic E-state index is 0. The Labute approximate surface area is 113 Å². The summed E-state index contributed by atoms with van der Waals surface area (Å²) in [5, 5.41) is 4.67. The Kier molecular flexibility index (Phi) is 7.00. The Balaban J connectivity index is 0.000001000.